The number of rotatable bonds is 7. The number of likely N-dealkylation sites (tertiary alicyclic amines) is 1. The molecule has 0 aromatic heterocycles. The van der Waals surface area contributed by atoms with Crippen LogP contribution in [-0.4, -0.2) is 47.7 Å². The van der Waals surface area contributed by atoms with E-state index in [0.29, 0.717) is 31.7 Å². The number of carbonyl (C=O) groups excluding carboxylic acids is 1. The standard InChI is InChI=1S/C19H27NO4/c1-13(2)15-7-4-14(5-8-15)6-9-18(21)20-12-17(24-3)10-16(20)11-19(22)23/h4-5,7-8,13,16-17H,6,9-12H2,1-3H3,(H,22,23). The first-order valence-electron chi connectivity index (χ1n) is 8.53. The van der Waals surface area contributed by atoms with Crippen molar-refractivity contribution in [2.75, 3.05) is 13.7 Å². The van der Waals surface area contributed by atoms with Crippen LogP contribution in [0.4, 0.5) is 0 Å². The molecule has 0 aliphatic carbocycles. The van der Waals surface area contributed by atoms with Crippen molar-refractivity contribution in [1.29, 1.82) is 0 Å². The fourth-order valence-electron chi connectivity index (χ4n) is 3.21. The molecule has 1 aromatic carbocycles. The lowest BCUT2D eigenvalue weighted by Crippen LogP contribution is -2.37. The van der Waals surface area contributed by atoms with Gasteiger partial charge in [-0.3, -0.25) is 9.59 Å². The summed E-state index contributed by atoms with van der Waals surface area (Å²) in [6.45, 7) is 4.79. The van der Waals surface area contributed by atoms with Crippen molar-refractivity contribution in [2.24, 2.45) is 0 Å². The van der Waals surface area contributed by atoms with Gasteiger partial charge in [-0.15, -0.1) is 0 Å². The van der Waals surface area contributed by atoms with Crippen LogP contribution in [0.2, 0.25) is 0 Å². The van der Waals surface area contributed by atoms with E-state index in [-0.39, 0.29) is 24.5 Å². The second-order valence-corrected chi connectivity index (χ2v) is 6.79. The SMILES string of the molecule is COC1CC(CC(=O)O)N(C(=O)CCc2ccc(C(C)C)cc2)C1. The molecule has 1 heterocycles. The van der Waals surface area contributed by atoms with Crippen LogP contribution in [0.25, 0.3) is 0 Å². The second-order valence-electron chi connectivity index (χ2n) is 6.79. The van der Waals surface area contributed by atoms with Gasteiger partial charge in [0.05, 0.1) is 12.5 Å². The molecule has 1 N–H and O–H groups in total. The number of nitrogens with zero attached hydrogens (tertiary/aromatic N) is 1. The Hall–Kier alpha value is -1.88. The molecule has 1 amide bonds. The van der Waals surface area contributed by atoms with Gasteiger partial charge in [0.2, 0.25) is 5.91 Å². The average Bonchev–Trinajstić information content (AvgIpc) is 2.95. The van der Waals surface area contributed by atoms with Crippen LogP contribution in [0.1, 0.15) is 50.2 Å². The van der Waals surface area contributed by atoms with E-state index in [1.54, 1.807) is 12.0 Å². The monoisotopic (exact) mass is 333 g/mol. The minimum atomic E-state index is -0.876. The van der Waals surface area contributed by atoms with E-state index in [2.05, 4.69) is 38.1 Å². The van der Waals surface area contributed by atoms with Crippen LogP contribution in [0.15, 0.2) is 24.3 Å². The zero-order chi connectivity index (χ0) is 17.7. The van der Waals surface area contributed by atoms with Crippen molar-refractivity contribution >= 4 is 11.9 Å². The van der Waals surface area contributed by atoms with Crippen LogP contribution < -0.4 is 0 Å². The Labute approximate surface area is 143 Å². The van der Waals surface area contributed by atoms with E-state index >= 15 is 0 Å². The Morgan fingerprint density at radius 2 is 1.96 bits per heavy atom. The zero-order valence-electron chi connectivity index (χ0n) is 14.7. The lowest BCUT2D eigenvalue weighted by atomic mass is 10.00. The summed E-state index contributed by atoms with van der Waals surface area (Å²) in [4.78, 5) is 25.2. The van der Waals surface area contributed by atoms with E-state index in [1.807, 2.05) is 0 Å². The fourth-order valence-corrected chi connectivity index (χ4v) is 3.21. The van der Waals surface area contributed by atoms with Gasteiger partial charge in [0.25, 0.3) is 0 Å². The van der Waals surface area contributed by atoms with Crippen LogP contribution in [0, 0.1) is 0 Å². The van der Waals surface area contributed by atoms with E-state index < -0.39 is 5.97 Å². The predicted molar refractivity (Wildman–Crippen MR) is 92.0 cm³/mol. The third-order valence-corrected chi connectivity index (χ3v) is 4.71. The minimum absolute atomic E-state index is 0.00809. The summed E-state index contributed by atoms with van der Waals surface area (Å²) in [7, 11) is 1.60. The summed E-state index contributed by atoms with van der Waals surface area (Å²) < 4.78 is 5.31. The quantitative estimate of drug-likeness (QED) is 0.833. The molecule has 2 rings (SSSR count). The topological polar surface area (TPSA) is 66.8 Å². The number of carbonyl (C=O) groups is 2. The number of aryl methyl sites for hydroxylation is 1. The Bertz CT molecular complexity index is 567. The molecule has 0 bridgehead atoms. The highest BCUT2D eigenvalue weighted by atomic mass is 16.5. The van der Waals surface area contributed by atoms with Gasteiger partial charge in [-0.25, -0.2) is 0 Å². The predicted octanol–water partition coefficient (Wildman–Crippen LogP) is 2.83. The summed E-state index contributed by atoms with van der Waals surface area (Å²) in [6.07, 6.45) is 1.58. The first-order valence-corrected chi connectivity index (χ1v) is 8.53. The van der Waals surface area contributed by atoms with Crippen LogP contribution in [0.3, 0.4) is 0 Å². The molecular formula is C19H27NO4. The van der Waals surface area contributed by atoms with Gasteiger partial charge in [0.15, 0.2) is 0 Å². The van der Waals surface area contributed by atoms with Crippen molar-refractivity contribution in [3.05, 3.63) is 35.4 Å². The Morgan fingerprint density at radius 3 is 2.50 bits per heavy atom. The maximum atomic E-state index is 12.5. The summed E-state index contributed by atoms with van der Waals surface area (Å²) in [5.41, 5.74) is 2.42. The summed E-state index contributed by atoms with van der Waals surface area (Å²) in [5, 5.41) is 9.03. The van der Waals surface area contributed by atoms with E-state index in [9.17, 15) is 9.59 Å². The number of hydrogen-bond acceptors (Lipinski definition) is 3. The molecule has 2 unspecified atom stereocenters. The number of benzene rings is 1. The number of methoxy groups -OCH3 is 1. The largest absolute Gasteiger partial charge is 0.481 e. The minimum Gasteiger partial charge on any atom is -0.481 e. The first-order chi connectivity index (χ1) is 11.4. The maximum absolute atomic E-state index is 12.5. The van der Waals surface area contributed by atoms with Gasteiger partial charge in [0.1, 0.15) is 0 Å². The molecule has 0 saturated carbocycles. The van der Waals surface area contributed by atoms with E-state index in [4.69, 9.17) is 9.84 Å². The third kappa shape index (κ3) is 4.81. The van der Waals surface area contributed by atoms with Crippen molar-refractivity contribution in [3.8, 4) is 0 Å². The first kappa shape index (κ1) is 18.5. The molecule has 1 aliphatic heterocycles. The van der Waals surface area contributed by atoms with Crippen LogP contribution in [0.5, 0.6) is 0 Å². The average molecular weight is 333 g/mol. The molecule has 24 heavy (non-hydrogen) atoms. The van der Waals surface area contributed by atoms with Crippen molar-refractivity contribution in [1.82, 2.24) is 4.90 Å². The zero-order valence-corrected chi connectivity index (χ0v) is 14.7. The number of aliphatic carboxylic acids is 1. The summed E-state index contributed by atoms with van der Waals surface area (Å²) in [6, 6.07) is 8.09. The normalized spacial score (nSPS) is 20.6. The van der Waals surface area contributed by atoms with E-state index in [0.717, 1.165) is 5.56 Å². The highest BCUT2D eigenvalue weighted by Gasteiger charge is 2.36. The molecule has 1 saturated heterocycles. The van der Waals surface area contributed by atoms with Gasteiger partial charge >= 0.3 is 5.97 Å². The van der Waals surface area contributed by atoms with Gasteiger partial charge in [0, 0.05) is 26.1 Å². The maximum Gasteiger partial charge on any atom is 0.305 e. The van der Waals surface area contributed by atoms with Gasteiger partial charge < -0.3 is 14.7 Å². The highest BCUT2D eigenvalue weighted by Crippen LogP contribution is 2.24. The second kappa shape index (κ2) is 8.29. The third-order valence-electron chi connectivity index (χ3n) is 4.71. The number of hydrogen-bond donors (Lipinski definition) is 1. The summed E-state index contributed by atoms with van der Waals surface area (Å²) >= 11 is 0. The molecule has 5 heteroatoms. The van der Waals surface area contributed by atoms with Gasteiger partial charge in [-0.2, -0.15) is 0 Å². The lowest BCUT2D eigenvalue weighted by Gasteiger charge is -2.23. The van der Waals surface area contributed by atoms with Gasteiger partial charge in [-0.1, -0.05) is 38.1 Å². The molecule has 1 aromatic rings. The fraction of sp³-hybridized carbons (Fsp3) is 0.579. The molecule has 1 aliphatic rings. The summed E-state index contributed by atoms with van der Waals surface area (Å²) in [5.74, 6) is -0.374. The number of ether oxygens (including phenoxy) is 1. The molecule has 5 nitrogen and oxygen atoms in total. The van der Waals surface area contributed by atoms with Crippen LogP contribution >= 0.6 is 0 Å². The van der Waals surface area contributed by atoms with Crippen molar-refractivity contribution in [3.63, 3.8) is 0 Å². The molecule has 0 radical (unpaired) electrons. The Morgan fingerprint density at radius 1 is 1.29 bits per heavy atom. The number of amides is 1. The lowest BCUT2D eigenvalue weighted by molar-refractivity contribution is -0.139. The Balaban J connectivity index is 1.93. The highest BCUT2D eigenvalue weighted by molar-refractivity contribution is 5.78. The molecule has 132 valence electrons. The van der Waals surface area contributed by atoms with Crippen molar-refractivity contribution in [2.45, 2.75) is 57.6 Å². The van der Waals surface area contributed by atoms with Crippen molar-refractivity contribution < 1.29 is 19.4 Å². The van der Waals surface area contributed by atoms with Gasteiger partial charge in [-0.05, 0) is 29.9 Å². The van der Waals surface area contributed by atoms with Crippen LogP contribution in [-0.2, 0) is 20.7 Å². The molecular weight excluding hydrogens is 306 g/mol. The molecule has 0 spiro atoms. The Kier molecular flexibility index (Phi) is 6.37. The number of carboxylic acid groups (broad SMARTS) is 1. The smallest absolute Gasteiger partial charge is 0.305 e. The van der Waals surface area contributed by atoms with E-state index in [1.165, 1.54) is 5.56 Å². The molecule has 1 fully saturated rings. The number of carboxylic acids is 1. The molecule has 2 atom stereocenters.